The zero-order chi connectivity index (χ0) is 32.2. The Hall–Kier alpha value is -5.06. The van der Waals surface area contributed by atoms with E-state index in [1.807, 2.05) is 42.5 Å². The Morgan fingerprint density at radius 2 is 0.932 bits per heavy atom. The summed E-state index contributed by atoms with van der Waals surface area (Å²) in [6.07, 6.45) is 0. The third-order valence-electron chi connectivity index (χ3n) is 5.95. The average Bonchev–Trinajstić information content (AvgIpc) is 3.01. The minimum Gasteiger partial charge on any atom is -0.507 e. The number of rotatable bonds is 2. The van der Waals surface area contributed by atoms with E-state index >= 15 is 0 Å². The molecule has 0 unspecified atom stereocenters. The second-order valence-electron chi connectivity index (χ2n) is 8.88. The molecule has 8 nitrogen and oxygen atoms in total. The molecule has 0 fully saturated rings. The fourth-order valence-corrected chi connectivity index (χ4v) is 4.59. The van der Waals surface area contributed by atoms with Gasteiger partial charge in [0.2, 0.25) is 0 Å². The number of halogens is 2. The topological polar surface area (TPSA) is 156 Å². The van der Waals surface area contributed by atoms with E-state index in [-0.39, 0.29) is 34.1 Å². The van der Waals surface area contributed by atoms with Crippen LogP contribution in [0, 0.1) is 0 Å². The van der Waals surface area contributed by atoms with Gasteiger partial charge in [0.25, 0.3) is 0 Å². The average molecular weight is 722 g/mol. The van der Waals surface area contributed by atoms with E-state index in [9.17, 15) is 19.8 Å². The van der Waals surface area contributed by atoms with Crippen LogP contribution in [0.3, 0.4) is 0 Å². The Labute approximate surface area is 269 Å². The van der Waals surface area contributed by atoms with Crippen molar-refractivity contribution in [2.45, 2.75) is 0 Å². The molecule has 0 heterocycles. The van der Waals surface area contributed by atoms with Gasteiger partial charge in [0.1, 0.15) is 34.1 Å². The molecule has 44 heavy (non-hydrogen) atoms. The number of fused-ring (bicyclic) bond motifs is 2. The van der Waals surface area contributed by atoms with E-state index in [1.54, 1.807) is 60.7 Å². The summed E-state index contributed by atoms with van der Waals surface area (Å²) < 4.78 is 1.50. The lowest BCUT2D eigenvalue weighted by Crippen LogP contribution is -1.97. The van der Waals surface area contributed by atoms with Crippen molar-refractivity contribution in [3.8, 4) is 23.0 Å². The second-order valence-corrected chi connectivity index (χ2v) is 10.5. The molecule has 0 saturated carbocycles. The summed E-state index contributed by atoms with van der Waals surface area (Å²) >= 11 is 6.48. The molecular weight excluding hydrogens is 696 g/mol. The number of aromatic hydroxyl groups is 4. The van der Waals surface area contributed by atoms with Crippen LogP contribution in [-0.2, 0) is 0 Å². The fraction of sp³-hybridized carbons (Fsp3) is 0. The summed E-state index contributed by atoms with van der Waals surface area (Å²) in [6.45, 7) is 0. The van der Waals surface area contributed by atoms with Crippen molar-refractivity contribution in [3.63, 3.8) is 0 Å². The molecule has 0 aliphatic heterocycles. The van der Waals surface area contributed by atoms with E-state index in [4.69, 9.17) is 20.4 Å². The number of benzene rings is 6. The number of carboxylic acid groups (broad SMARTS) is 2. The number of hydrogen-bond donors (Lipinski definition) is 6. The molecule has 0 radical (unpaired) electrons. The highest BCUT2D eigenvalue weighted by atomic mass is 79.9. The second kappa shape index (κ2) is 16.0. The lowest BCUT2D eigenvalue weighted by Gasteiger charge is -2.03. The number of aromatic carboxylic acids is 2. The maximum absolute atomic E-state index is 10.9. The Bertz CT molecular complexity index is 1890. The fourth-order valence-electron chi connectivity index (χ4n) is 3.81. The van der Waals surface area contributed by atoms with Gasteiger partial charge < -0.3 is 30.6 Å². The molecule has 0 aromatic heterocycles. The van der Waals surface area contributed by atoms with Gasteiger partial charge in [-0.1, -0.05) is 84.9 Å². The van der Waals surface area contributed by atoms with Gasteiger partial charge in [-0.2, -0.15) is 0 Å². The van der Waals surface area contributed by atoms with Crippen molar-refractivity contribution in [1.29, 1.82) is 0 Å². The zero-order valence-corrected chi connectivity index (χ0v) is 26.0. The highest BCUT2D eigenvalue weighted by Gasteiger charge is 2.13. The molecule has 0 aliphatic rings. The van der Waals surface area contributed by atoms with Crippen LogP contribution in [0.2, 0.25) is 0 Å². The van der Waals surface area contributed by atoms with Crippen LogP contribution in [0.5, 0.6) is 23.0 Å². The quantitative estimate of drug-likeness (QED) is 0.104. The Kier molecular flexibility index (Phi) is 12.1. The maximum Gasteiger partial charge on any atom is 0.340 e. The Balaban J connectivity index is 0.000000164. The van der Waals surface area contributed by atoms with Crippen molar-refractivity contribution in [2.75, 3.05) is 0 Å². The molecule has 0 bridgehead atoms. The molecule has 0 aliphatic carbocycles. The largest absolute Gasteiger partial charge is 0.507 e. The minimum atomic E-state index is -1.11. The van der Waals surface area contributed by atoms with Gasteiger partial charge >= 0.3 is 11.9 Å². The number of phenolic OH excluding ortho intramolecular Hbond substituents is 2. The molecule has 6 aromatic rings. The van der Waals surface area contributed by atoms with Gasteiger partial charge in [-0.3, -0.25) is 0 Å². The first kappa shape index (κ1) is 33.4. The van der Waals surface area contributed by atoms with E-state index in [2.05, 4.69) is 31.9 Å². The van der Waals surface area contributed by atoms with Gasteiger partial charge in [-0.05, 0) is 89.8 Å². The molecule has 0 amide bonds. The third kappa shape index (κ3) is 8.97. The number of phenols is 4. The van der Waals surface area contributed by atoms with Crippen LogP contribution >= 0.6 is 31.9 Å². The SMILES string of the molecule is O=C(O)c1c(O)ccc2ccccc12.O=C(O)c1ccccc1O.Oc1ccc2ccccc2c1Br.Oc1ccccc1Br. The lowest BCUT2D eigenvalue weighted by atomic mass is 10.0. The van der Waals surface area contributed by atoms with Crippen molar-refractivity contribution in [2.24, 2.45) is 0 Å². The molecule has 0 saturated heterocycles. The monoisotopic (exact) mass is 720 g/mol. The zero-order valence-electron chi connectivity index (χ0n) is 22.8. The number of para-hydroxylation sites is 2. The van der Waals surface area contributed by atoms with Crippen LogP contribution in [0.15, 0.2) is 130 Å². The summed E-state index contributed by atoms with van der Waals surface area (Å²) in [6, 6.07) is 34.5. The Morgan fingerprint density at radius 1 is 0.455 bits per heavy atom. The first-order chi connectivity index (χ1) is 21.0. The smallest absolute Gasteiger partial charge is 0.340 e. The first-order valence-corrected chi connectivity index (χ1v) is 14.3. The van der Waals surface area contributed by atoms with Crippen LogP contribution in [0.4, 0.5) is 0 Å². The molecule has 224 valence electrons. The molecular formula is C34H26Br2O8. The number of hydrogen-bond acceptors (Lipinski definition) is 6. The molecule has 6 N–H and O–H groups in total. The van der Waals surface area contributed by atoms with Crippen molar-refractivity contribution >= 4 is 65.3 Å². The van der Waals surface area contributed by atoms with Crippen LogP contribution < -0.4 is 0 Å². The highest BCUT2D eigenvalue weighted by molar-refractivity contribution is 9.11. The van der Waals surface area contributed by atoms with Gasteiger partial charge in [-0.25, -0.2) is 9.59 Å². The predicted octanol–water partition coefficient (Wildman–Crippen LogP) is 8.80. The predicted molar refractivity (Wildman–Crippen MR) is 177 cm³/mol. The van der Waals surface area contributed by atoms with Crippen LogP contribution in [0.1, 0.15) is 20.7 Å². The van der Waals surface area contributed by atoms with Gasteiger partial charge in [0.05, 0.1) is 8.95 Å². The van der Waals surface area contributed by atoms with Crippen molar-refractivity contribution < 1.29 is 40.2 Å². The molecule has 0 spiro atoms. The third-order valence-corrected chi connectivity index (χ3v) is 7.45. The molecule has 6 rings (SSSR count). The van der Waals surface area contributed by atoms with E-state index in [1.165, 1.54) is 18.2 Å². The molecule has 6 aromatic carbocycles. The van der Waals surface area contributed by atoms with Gasteiger partial charge in [0.15, 0.2) is 0 Å². The number of carbonyl (C=O) groups is 2. The van der Waals surface area contributed by atoms with E-state index in [0.717, 1.165) is 25.1 Å². The summed E-state index contributed by atoms with van der Waals surface area (Å²) in [5.74, 6) is -2.05. The lowest BCUT2D eigenvalue weighted by molar-refractivity contribution is 0.0683. The normalized spacial score (nSPS) is 9.86. The van der Waals surface area contributed by atoms with Crippen LogP contribution in [0.25, 0.3) is 21.5 Å². The summed E-state index contributed by atoms with van der Waals surface area (Å²) in [5.41, 5.74) is -0.106. The van der Waals surface area contributed by atoms with E-state index in [0.29, 0.717) is 5.39 Å². The molecule has 0 atom stereocenters. The summed E-state index contributed by atoms with van der Waals surface area (Å²) in [5, 5.41) is 57.4. The highest BCUT2D eigenvalue weighted by Crippen LogP contribution is 2.31. The van der Waals surface area contributed by atoms with Crippen molar-refractivity contribution in [3.05, 3.63) is 141 Å². The molecule has 10 heteroatoms. The minimum absolute atomic E-state index is 0.0388. The first-order valence-electron chi connectivity index (χ1n) is 12.8. The van der Waals surface area contributed by atoms with Crippen LogP contribution in [-0.4, -0.2) is 42.6 Å². The van der Waals surface area contributed by atoms with Gasteiger partial charge in [-0.15, -0.1) is 0 Å². The standard InChI is InChI=1S/C11H8O3.C10H7BrO.C7H6O3.C6H5BrO/c12-9-6-5-7-3-1-2-4-8(7)10(9)11(13)14;11-10-8-4-2-1-3-7(8)5-6-9(10)12;8-6-4-2-1-3-5(6)7(9)10;7-5-3-1-2-4-6(5)8/h1-6,12H,(H,13,14);1-6,12H;1-4,8H,(H,9,10);1-4,8H. The van der Waals surface area contributed by atoms with E-state index < -0.39 is 11.9 Å². The maximum atomic E-state index is 10.9. The Morgan fingerprint density at radius 3 is 1.43 bits per heavy atom. The summed E-state index contributed by atoms with van der Waals surface area (Å²) in [4.78, 5) is 21.1. The number of carboxylic acids is 2. The summed E-state index contributed by atoms with van der Waals surface area (Å²) in [7, 11) is 0. The van der Waals surface area contributed by atoms with Gasteiger partial charge in [0, 0.05) is 0 Å². The van der Waals surface area contributed by atoms with Crippen molar-refractivity contribution in [1.82, 2.24) is 0 Å².